The Morgan fingerprint density at radius 1 is 1.17 bits per heavy atom. The fourth-order valence-electron chi connectivity index (χ4n) is 2.94. The second-order valence-corrected chi connectivity index (χ2v) is 7.25. The van der Waals surface area contributed by atoms with Crippen LogP contribution in [0.25, 0.3) is 0 Å². The first kappa shape index (κ1) is 16.5. The van der Waals surface area contributed by atoms with Crippen LogP contribution in [0.15, 0.2) is 23.1 Å². The van der Waals surface area contributed by atoms with Gasteiger partial charge in [0.25, 0.3) is 0 Å². The molecule has 1 saturated carbocycles. The highest BCUT2D eigenvalue weighted by Gasteiger charge is 2.19. The van der Waals surface area contributed by atoms with Crippen molar-refractivity contribution >= 4 is 17.7 Å². The van der Waals surface area contributed by atoms with E-state index in [1.165, 1.54) is 0 Å². The maximum Gasteiger partial charge on any atom is 0.221 e. The van der Waals surface area contributed by atoms with Crippen molar-refractivity contribution < 1.29 is 14.3 Å². The lowest BCUT2D eigenvalue weighted by molar-refractivity contribution is -0.121. The van der Waals surface area contributed by atoms with Gasteiger partial charge in [0.2, 0.25) is 5.91 Å². The summed E-state index contributed by atoms with van der Waals surface area (Å²) in [5, 5.41) is 3.12. The lowest BCUT2D eigenvalue weighted by Gasteiger charge is -2.26. The molecule has 3 rings (SSSR count). The second kappa shape index (κ2) is 7.93. The van der Waals surface area contributed by atoms with Crippen molar-refractivity contribution in [3.63, 3.8) is 0 Å². The molecule has 0 aromatic heterocycles. The van der Waals surface area contributed by atoms with Crippen LogP contribution >= 0.6 is 11.8 Å². The van der Waals surface area contributed by atoms with Gasteiger partial charge in [0.05, 0.1) is 0 Å². The zero-order chi connectivity index (χ0) is 16.1. The van der Waals surface area contributed by atoms with Crippen LogP contribution in [0.3, 0.4) is 0 Å². The smallest absolute Gasteiger partial charge is 0.221 e. The largest absolute Gasteiger partial charge is 0.486 e. The monoisotopic (exact) mass is 336 g/mol. The maximum absolute atomic E-state index is 12.0. The van der Waals surface area contributed by atoms with E-state index in [0.29, 0.717) is 31.7 Å². The van der Waals surface area contributed by atoms with E-state index >= 15 is 0 Å². The van der Waals surface area contributed by atoms with Gasteiger partial charge in [-0.25, -0.2) is 0 Å². The third-order valence-electron chi connectivity index (χ3n) is 4.25. The summed E-state index contributed by atoms with van der Waals surface area (Å²) in [7, 11) is 0. The Morgan fingerprint density at radius 3 is 2.70 bits per heavy atom. The van der Waals surface area contributed by atoms with Crippen molar-refractivity contribution in [3.05, 3.63) is 18.2 Å². The van der Waals surface area contributed by atoms with Gasteiger partial charge in [0.1, 0.15) is 13.2 Å². The van der Waals surface area contributed by atoms with Crippen LogP contribution in [0.2, 0.25) is 0 Å². The average molecular weight is 336 g/mol. The number of amides is 1. The van der Waals surface area contributed by atoms with Gasteiger partial charge >= 0.3 is 0 Å². The summed E-state index contributed by atoms with van der Waals surface area (Å²) in [4.78, 5) is 13.1. The molecule has 1 aliphatic carbocycles. The molecule has 1 aromatic rings. The minimum absolute atomic E-state index is 0.135. The molecule has 1 heterocycles. The van der Waals surface area contributed by atoms with Crippen LogP contribution in [-0.2, 0) is 4.79 Å². The van der Waals surface area contributed by atoms with Crippen LogP contribution in [0.5, 0.6) is 11.5 Å². The first-order valence-electron chi connectivity index (χ1n) is 8.28. The van der Waals surface area contributed by atoms with Gasteiger partial charge < -0.3 is 20.5 Å². The SMILES string of the molecule is NC1CCC(NC(=O)CCSc2ccc3c(c2)OCCO3)CC1. The van der Waals surface area contributed by atoms with Crippen molar-refractivity contribution in [1.82, 2.24) is 5.32 Å². The number of nitrogens with two attached hydrogens (primary N) is 1. The predicted octanol–water partition coefficient (Wildman–Crippen LogP) is 2.33. The van der Waals surface area contributed by atoms with Crippen LogP contribution < -0.4 is 20.5 Å². The van der Waals surface area contributed by atoms with E-state index < -0.39 is 0 Å². The van der Waals surface area contributed by atoms with Gasteiger partial charge in [0.15, 0.2) is 11.5 Å². The molecule has 0 saturated heterocycles. The van der Waals surface area contributed by atoms with Gasteiger partial charge in [-0.15, -0.1) is 11.8 Å². The highest BCUT2D eigenvalue weighted by Crippen LogP contribution is 2.34. The van der Waals surface area contributed by atoms with Crippen LogP contribution in [0.1, 0.15) is 32.1 Å². The summed E-state index contributed by atoms with van der Waals surface area (Å²) in [5.41, 5.74) is 5.89. The summed E-state index contributed by atoms with van der Waals surface area (Å²) < 4.78 is 11.1. The molecule has 3 N–H and O–H groups in total. The number of hydrogen-bond acceptors (Lipinski definition) is 5. The average Bonchev–Trinajstić information content (AvgIpc) is 2.57. The maximum atomic E-state index is 12.0. The molecule has 1 aromatic carbocycles. The molecule has 0 bridgehead atoms. The van der Waals surface area contributed by atoms with E-state index in [9.17, 15) is 4.79 Å². The molecule has 1 aliphatic heterocycles. The molecule has 1 fully saturated rings. The van der Waals surface area contributed by atoms with Crippen molar-refractivity contribution in [3.8, 4) is 11.5 Å². The number of rotatable bonds is 5. The zero-order valence-electron chi connectivity index (χ0n) is 13.3. The number of fused-ring (bicyclic) bond motifs is 1. The van der Waals surface area contributed by atoms with Gasteiger partial charge in [-0.2, -0.15) is 0 Å². The summed E-state index contributed by atoms with van der Waals surface area (Å²) in [6.07, 6.45) is 4.56. The Labute approximate surface area is 141 Å². The minimum Gasteiger partial charge on any atom is -0.486 e. The Kier molecular flexibility index (Phi) is 5.67. The molecule has 0 unspecified atom stereocenters. The Hall–Kier alpha value is -1.40. The number of carbonyl (C=O) groups is 1. The number of hydrogen-bond donors (Lipinski definition) is 2. The molecule has 23 heavy (non-hydrogen) atoms. The van der Waals surface area contributed by atoms with Crippen molar-refractivity contribution in [2.24, 2.45) is 5.73 Å². The van der Waals surface area contributed by atoms with E-state index in [4.69, 9.17) is 15.2 Å². The van der Waals surface area contributed by atoms with Crippen molar-refractivity contribution in [1.29, 1.82) is 0 Å². The van der Waals surface area contributed by atoms with Crippen LogP contribution in [0.4, 0.5) is 0 Å². The normalized spacial score (nSPS) is 23.3. The highest BCUT2D eigenvalue weighted by molar-refractivity contribution is 7.99. The summed E-state index contributed by atoms with van der Waals surface area (Å²) in [5.74, 6) is 2.49. The molecule has 0 spiro atoms. The molecular formula is C17H24N2O3S. The fourth-order valence-corrected chi connectivity index (χ4v) is 3.82. The zero-order valence-corrected chi connectivity index (χ0v) is 14.1. The number of benzene rings is 1. The highest BCUT2D eigenvalue weighted by atomic mass is 32.2. The number of nitrogens with one attached hydrogen (secondary N) is 1. The Bertz CT molecular complexity index is 545. The van der Waals surface area contributed by atoms with E-state index in [0.717, 1.165) is 47.8 Å². The van der Waals surface area contributed by atoms with Gasteiger partial charge in [0, 0.05) is 29.2 Å². The molecular weight excluding hydrogens is 312 g/mol. The van der Waals surface area contributed by atoms with Gasteiger partial charge in [-0.3, -0.25) is 4.79 Å². The van der Waals surface area contributed by atoms with Gasteiger partial charge in [-0.05, 0) is 43.9 Å². The lowest BCUT2D eigenvalue weighted by atomic mass is 9.92. The van der Waals surface area contributed by atoms with Crippen molar-refractivity contribution in [2.45, 2.75) is 49.1 Å². The second-order valence-electron chi connectivity index (χ2n) is 6.08. The summed E-state index contributed by atoms with van der Waals surface area (Å²) >= 11 is 1.67. The predicted molar refractivity (Wildman–Crippen MR) is 91.1 cm³/mol. The van der Waals surface area contributed by atoms with E-state index in [2.05, 4.69) is 5.32 Å². The molecule has 5 nitrogen and oxygen atoms in total. The van der Waals surface area contributed by atoms with Crippen LogP contribution in [0, 0.1) is 0 Å². The Balaban J connectivity index is 1.40. The van der Waals surface area contributed by atoms with Crippen LogP contribution in [-0.4, -0.2) is 37.0 Å². The summed E-state index contributed by atoms with van der Waals surface area (Å²) in [6, 6.07) is 6.55. The standard InChI is InChI=1S/C17H24N2O3S/c18-12-1-3-13(4-2-12)19-17(20)7-10-23-14-5-6-15-16(11-14)22-9-8-21-15/h5-6,11-13H,1-4,7-10,18H2,(H,19,20). The van der Waals surface area contributed by atoms with Gasteiger partial charge in [-0.1, -0.05) is 0 Å². The third kappa shape index (κ3) is 4.78. The van der Waals surface area contributed by atoms with E-state index in [1.54, 1.807) is 11.8 Å². The van der Waals surface area contributed by atoms with E-state index in [1.807, 2.05) is 18.2 Å². The molecule has 1 amide bonds. The molecule has 6 heteroatoms. The minimum atomic E-state index is 0.135. The quantitative estimate of drug-likeness (QED) is 0.807. The summed E-state index contributed by atoms with van der Waals surface area (Å²) in [6.45, 7) is 1.19. The third-order valence-corrected chi connectivity index (χ3v) is 5.24. The topological polar surface area (TPSA) is 73.6 Å². The molecule has 0 atom stereocenters. The lowest BCUT2D eigenvalue weighted by Crippen LogP contribution is -2.40. The fraction of sp³-hybridized carbons (Fsp3) is 0.588. The first-order chi connectivity index (χ1) is 11.2. The first-order valence-corrected chi connectivity index (χ1v) is 9.26. The Morgan fingerprint density at radius 2 is 1.91 bits per heavy atom. The number of carbonyl (C=O) groups excluding carboxylic acids is 1. The molecule has 2 aliphatic rings. The van der Waals surface area contributed by atoms with Crippen molar-refractivity contribution in [2.75, 3.05) is 19.0 Å². The molecule has 0 radical (unpaired) electrons. The van der Waals surface area contributed by atoms with E-state index in [-0.39, 0.29) is 5.91 Å². The number of ether oxygens (including phenoxy) is 2. The molecule has 126 valence electrons. The number of thioether (sulfide) groups is 1.